The van der Waals surface area contributed by atoms with E-state index < -0.39 is 16.1 Å². The van der Waals surface area contributed by atoms with E-state index in [9.17, 15) is 13.2 Å². The van der Waals surface area contributed by atoms with Crippen molar-refractivity contribution in [2.75, 3.05) is 15.9 Å². The number of hydrogen-bond acceptors (Lipinski definition) is 3. The van der Waals surface area contributed by atoms with Crippen molar-refractivity contribution in [3.05, 3.63) is 58.7 Å². The summed E-state index contributed by atoms with van der Waals surface area (Å²) >= 11 is 0. The van der Waals surface area contributed by atoms with Gasteiger partial charge in [-0.1, -0.05) is 37.3 Å². The molecule has 0 fully saturated rings. The molecule has 2 rings (SSSR count). The number of carbonyl (C=O) groups excluding carboxylic acids is 1. The number of aryl methyl sites for hydroxylation is 4. The average molecular weight is 389 g/mol. The average Bonchev–Trinajstić information content (AvgIpc) is 2.58. The Bertz CT molecular complexity index is 952. The summed E-state index contributed by atoms with van der Waals surface area (Å²) in [4.78, 5) is 13.0. The summed E-state index contributed by atoms with van der Waals surface area (Å²) in [6.07, 6.45) is 1.91. The molecule has 0 bridgehead atoms. The highest BCUT2D eigenvalue weighted by atomic mass is 32.2. The first kappa shape index (κ1) is 21.0. The minimum Gasteiger partial charge on any atom is -0.324 e. The molecule has 1 atom stereocenters. The largest absolute Gasteiger partial charge is 0.324 e. The second-order valence-corrected chi connectivity index (χ2v) is 8.84. The molecule has 6 heteroatoms. The molecule has 0 saturated carbocycles. The lowest BCUT2D eigenvalue weighted by atomic mass is 10.1. The lowest BCUT2D eigenvalue weighted by Crippen LogP contribution is -2.45. The molecule has 0 saturated heterocycles. The van der Waals surface area contributed by atoms with Gasteiger partial charge in [0.2, 0.25) is 15.9 Å². The lowest BCUT2D eigenvalue weighted by molar-refractivity contribution is -0.116. The molecule has 0 radical (unpaired) electrons. The first-order valence-electron chi connectivity index (χ1n) is 9.02. The minimum atomic E-state index is -3.65. The first-order valence-corrected chi connectivity index (χ1v) is 10.9. The molecule has 0 aromatic heterocycles. The molecule has 2 aromatic carbocycles. The van der Waals surface area contributed by atoms with Gasteiger partial charge in [-0.25, -0.2) is 8.42 Å². The SMILES string of the molecule is CCc1cccc(C)c1NC(=O)[C@@H](C)N(c1cc(C)ccc1C)S(C)(=O)=O. The summed E-state index contributed by atoms with van der Waals surface area (Å²) in [7, 11) is -3.65. The van der Waals surface area contributed by atoms with Gasteiger partial charge in [0.1, 0.15) is 6.04 Å². The van der Waals surface area contributed by atoms with Gasteiger partial charge in [0.15, 0.2) is 0 Å². The first-order chi connectivity index (χ1) is 12.6. The molecule has 0 unspecified atom stereocenters. The Morgan fingerprint density at radius 1 is 1.11 bits per heavy atom. The van der Waals surface area contributed by atoms with Crippen molar-refractivity contribution in [1.82, 2.24) is 0 Å². The van der Waals surface area contributed by atoms with E-state index in [2.05, 4.69) is 5.32 Å². The van der Waals surface area contributed by atoms with Crippen molar-refractivity contribution in [2.24, 2.45) is 0 Å². The van der Waals surface area contributed by atoms with Crippen LogP contribution in [0.1, 0.15) is 36.1 Å². The van der Waals surface area contributed by atoms with Gasteiger partial charge < -0.3 is 5.32 Å². The Morgan fingerprint density at radius 3 is 2.37 bits per heavy atom. The summed E-state index contributed by atoms with van der Waals surface area (Å²) in [5.74, 6) is -0.356. The Balaban J connectivity index is 2.44. The zero-order valence-corrected chi connectivity index (χ0v) is 17.6. The van der Waals surface area contributed by atoms with Gasteiger partial charge in [0.25, 0.3) is 0 Å². The number of sulfonamides is 1. The van der Waals surface area contributed by atoms with Gasteiger partial charge in [0.05, 0.1) is 11.9 Å². The molecule has 0 heterocycles. The van der Waals surface area contributed by atoms with E-state index in [4.69, 9.17) is 0 Å². The standard InChI is InChI=1S/C21H28N2O3S/c1-7-18-10-8-9-16(4)20(18)22-21(24)17(5)23(27(6,25)26)19-13-14(2)11-12-15(19)3/h8-13,17H,7H2,1-6H3,(H,22,24)/t17-/m1/s1. The van der Waals surface area contributed by atoms with E-state index in [0.717, 1.165) is 40.6 Å². The quantitative estimate of drug-likeness (QED) is 0.814. The summed E-state index contributed by atoms with van der Waals surface area (Å²) < 4.78 is 26.3. The van der Waals surface area contributed by atoms with Crippen LogP contribution in [0.5, 0.6) is 0 Å². The minimum absolute atomic E-state index is 0.356. The number of nitrogens with one attached hydrogen (secondary N) is 1. The van der Waals surface area contributed by atoms with E-state index in [-0.39, 0.29) is 5.91 Å². The number of anilines is 2. The fraction of sp³-hybridized carbons (Fsp3) is 0.381. The van der Waals surface area contributed by atoms with Crippen molar-refractivity contribution in [3.8, 4) is 0 Å². The summed E-state index contributed by atoms with van der Waals surface area (Å²) in [5, 5.41) is 2.94. The van der Waals surface area contributed by atoms with Gasteiger partial charge in [-0.15, -0.1) is 0 Å². The summed E-state index contributed by atoms with van der Waals surface area (Å²) in [5.41, 5.74) is 4.99. The highest BCUT2D eigenvalue weighted by molar-refractivity contribution is 7.92. The molecule has 146 valence electrons. The van der Waals surface area contributed by atoms with Gasteiger partial charge in [-0.3, -0.25) is 9.10 Å². The van der Waals surface area contributed by atoms with Gasteiger partial charge >= 0.3 is 0 Å². The topological polar surface area (TPSA) is 66.5 Å². The number of carbonyl (C=O) groups is 1. The summed E-state index contributed by atoms with van der Waals surface area (Å²) in [6.45, 7) is 9.30. The number of hydrogen-bond donors (Lipinski definition) is 1. The van der Waals surface area contributed by atoms with Crippen LogP contribution in [0.4, 0.5) is 11.4 Å². The Morgan fingerprint density at radius 2 is 1.78 bits per heavy atom. The van der Waals surface area contributed by atoms with Gasteiger partial charge in [-0.2, -0.15) is 0 Å². The normalized spacial score (nSPS) is 12.5. The van der Waals surface area contributed by atoms with Crippen LogP contribution in [0.2, 0.25) is 0 Å². The molecule has 1 amide bonds. The fourth-order valence-corrected chi connectivity index (χ4v) is 4.39. The predicted octanol–water partition coefficient (Wildman–Crippen LogP) is 3.97. The van der Waals surface area contributed by atoms with Crippen LogP contribution >= 0.6 is 0 Å². The van der Waals surface area contributed by atoms with Crippen LogP contribution in [0, 0.1) is 20.8 Å². The molecule has 0 spiro atoms. The zero-order valence-electron chi connectivity index (χ0n) is 16.8. The van der Waals surface area contributed by atoms with Gasteiger partial charge in [-0.05, 0) is 62.4 Å². The van der Waals surface area contributed by atoms with Crippen LogP contribution < -0.4 is 9.62 Å². The highest BCUT2D eigenvalue weighted by Gasteiger charge is 2.30. The monoisotopic (exact) mass is 388 g/mol. The van der Waals surface area contributed by atoms with Crippen LogP contribution in [0.25, 0.3) is 0 Å². The molecule has 0 aliphatic carbocycles. The predicted molar refractivity (Wildman–Crippen MR) is 112 cm³/mol. The van der Waals surface area contributed by atoms with Crippen molar-refractivity contribution in [3.63, 3.8) is 0 Å². The summed E-state index contributed by atoms with van der Waals surface area (Å²) in [6, 6.07) is 10.5. The molecule has 1 N–H and O–H groups in total. The van der Waals surface area contributed by atoms with E-state index in [0.29, 0.717) is 5.69 Å². The second kappa shape index (κ2) is 8.13. The van der Waals surface area contributed by atoms with E-state index >= 15 is 0 Å². The second-order valence-electron chi connectivity index (χ2n) is 6.98. The van der Waals surface area contributed by atoms with Crippen LogP contribution in [0.15, 0.2) is 36.4 Å². The molecule has 5 nitrogen and oxygen atoms in total. The zero-order chi connectivity index (χ0) is 20.4. The van der Waals surface area contributed by atoms with Crippen molar-refractivity contribution in [1.29, 1.82) is 0 Å². The maximum absolute atomic E-state index is 13.0. The van der Waals surface area contributed by atoms with E-state index in [1.165, 1.54) is 4.31 Å². The van der Waals surface area contributed by atoms with Crippen molar-refractivity contribution in [2.45, 2.75) is 47.1 Å². The number of para-hydroxylation sites is 1. The number of rotatable bonds is 6. The Labute approximate surface area is 162 Å². The molecule has 27 heavy (non-hydrogen) atoms. The Hall–Kier alpha value is -2.34. The molecular weight excluding hydrogens is 360 g/mol. The van der Waals surface area contributed by atoms with Gasteiger partial charge in [0, 0.05) is 5.69 Å². The number of benzene rings is 2. The fourth-order valence-electron chi connectivity index (χ4n) is 3.17. The molecule has 2 aromatic rings. The maximum atomic E-state index is 13.0. The lowest BCUT2D eigenvalue weighted by Gasteiger charge is -2.30. The highest BCUT2D eigenvalue weighted by Crippen LogP contribution is 2.27. The Kier molecular flexibility index (Phi) is 6.31. The number of nitrogens with zero attached hydrogens (tertiary/aromatic N) is 1. The van der Waals surface area contributed by atoms with Crippen LogP contribution in [0.3, 0.4) is 0 Å². The molecular formula is C21H28N2O3S. The third kappa shape index (κ3) is 4.69. The van der Waals surface area contributed by atoms with E-state index in [1.807, 2.05) is 58.0 Å². The maximum Gasteiger partial charge on any atom is 0.248 e. The smallest absolute Gasteiger partial charge is 0.248 e. The molecule has 0 aliphatic heterocycles. The molecule has 0 aliphatic rings. The third-order valence-corrected chi connectivity index (χ3v) is 5.91. The van der Waals surface area contributed by atoms with Crippen molar-refractivity contribution < 1.29 is 13.2 Å². The van der Waals surface area contributed by atoms with Crippen LogP contribution in [-0.2, 0) is 21.2 Å². The number of amides is 1. The van der Waals surface area contributed by atoms with Crippen LogP contribution in [-0.4, -0.2) is 26.6 Å². The third-order valence-electron chi connectivity index (χ3n) is 4.68. The van der Waals surface area contributed by atoms with Crippen molar-refractivity contribution >= 4 is 27.3 Å². The van der Waals surface area contributed by atoms with E-state index in [1.54, 1.807) is 13.0 Å².